The summed E-state index contributed by atoms with van der Waals surface area (Å²) in [5, 5.41) is 10.9. The molecule has 0 aromatic heterocycles. The summed E-state index contributed by atoms with van der Waals surface area (Å²) in [5.74, 6) is -1.49. The Morgan fingerprint density at radius 2 is 1.26 bits per heavy atom. The number of aliphatic carboxylic acids is 1. The SMILES string of the molecule is CCCCCCOCCOCCOCCOCCNC(=O)COCC(=O)O. The lowest BCUT2D eigenvalue weighted by atomic mass is 10.2. The number of hydrogen-bond donors (Lipinski definition) is 2. The number of unbranched alkanes of at least 4 members (excludes halogenated alkanes) is 3. The molecule has 9 nitrogen and oxygen atoms in total. The van der Waals surface area contributed by atoms with Crippen LogP contribution in [0.4, 0.5) is 0 Å². The number of carboxylic acid groups (broad SMARTS) is 1. The first-order valence-electron chi connectivity index (χ1n) is 9.54. The molecule has 0 saturated heterocycles. The Hall–Kier alpha value is -1.26. The zero-order chi connectivity index (χ0) is 20.0. The van der Waals surface area contributed by atoms with E-state index >= 15 is 0 Å². The fourth-order valence-electron chi connectivity index (χ4n) is 1.94. The molecule has 27 heavy (non-hydrogen) atoms. The van der Waals surface area contributed by atoms with Crippen LogP contribution in [0.25, 0.3) is 0 Å². The second-order valence-corrected chi connectivity index (χ2v) is 5.75. The third-order valence-corrected chi connectivity index (χ3v) is 3.29. The zero-order valence-corrected chi connectivity index (χ0v) is 16.4. The van der Waals surface area contributed by atoms with Crippen LogP contribution < -0.4 is 5.32 Å². The van der Waals surface area contributed by atoms with Crippen molar-refractivity contribution in [2.45, 2.75) is 32.6 Å². The van der Waals surface area contributed by atoms with E-state index in [0.29, 0.717) is 52.8 Å². The first kappa shape index (κ1) is 25.7. The molecule has 0 rings (SSSR count). The maximum atomic E-state index is 11.3. The van der Waals surface area contributed by atoms with Gasteiger partial charge in [0.05, 0.1) is 46.2 Å². The topological polar surface area (TPSA) is 113 Å². The van der Waals surface area contributed by atoms with Crippen molar-refractivity contribution < 1.29 is 38.4 Å². The number of hydrogen-bond acceptors (Lipinski definition) is 7. The van der Waals surface area contributed by atoms with Gasteiger partial charge in [0.15, 0.2) is 0 Å². The third kappa shape index (κ3) is 22.7. The average Bonchev–Trinajstić information content (AvgIpc) is 2.64. The molecule has 9 heteroatoms. The second-order valence-electron chi connectivity index (χ2n) is 5.75. The average molecular weight is 393 g/mol. The first-order valence-corrected chi connectivity index (χ1v) is 9.54. The third-order valence-electron chi connectivity index (χ3n) is 3.29. The molecule has 0 radical (unpaired) electrons. The van der Waals surface area contributed by atoms with Gasteiger partial charge in [-0.3, -0.25) is 4.79 Å². The number of nitrogens with one attached hydrogen (secondary N) is 1. The first-order chi connectivity index (χ1) is 13.2. The molecule has 160 valence electrons. The lowest BCUT2D eigenvalue weighted by Crippen LogP contribution is -2.31. The summed E-state index contributed by atoms with van der Waals surface area (Å²) in [5.41, 5.74) is 0. The summed E-state index contributed by atoms with van der Waals surface area (Å²) in [6.45, 7) is 5.97. The highest BCUT2D eigenvalue weighted by Gasteiger charge is 2.02. The monoisotopic (exact) mass is 393 g/mol. The molecule has 0 unspecified atom stereocenters. The van der Waals surface area contributed by atoms with Crippen molar-refractivity contribution in [1.82, 2.24) is 5.32 Å². The quantitative estimate of drug-likeness (QED) is 0.276. The van der Waals surface area contributed by atoms with Gasteiger partial charge in [-0.25, -0.2) is 4.79 Å². The van der Waals surface area contributed by atoms with Crippen LogP contribution in [0.3, 0.4) is 0 Å². The van der Waals surface area contributed by atoms with Crippen molar-refractivity contribution in [3.05, 3.63) is 0 Å². The van der Waals surface area contributed by atoms with Crippen LogP contribution in [0, 0.1) is 0 Å². The van der Waals surface area contributed by atoms with E-state index in [1.54, 1.807) is 0 Å². The van der Waals surface area contributed by atoms with Gasteiger partial charge in [-0.05, 0) is 6.42 Å². The Balaban J connectivity index is 3.10. The molecule has 0 spiro atoms. The van der Waals surface area contributed by atoms with Crippen molar-refractivity contribution in [2.24, 2.45) is 0 Å². The van der Waals surface area contributed by atoms with Crippen molar-refractivity contribution in [3.63, 3.8) is 0 Å². The van der Waals surface area contributed by atoms with E-state index in [9.17, 15) is 9.59 Å². The van der Waals surface area contributed by atoms with E-state index in [4.69, 9.17) is 24.1 Å². The smallest absolute Gasteiger partial charge is 0.329 e. The molecule has 0 aliphatic heterocycles. The Morgan fingerprint density at radius 1 is 0.704 bits per heavy atom. The van der Waals surface area contributed by atoms with Crippen molar-refractivity contribution >= 4 is 11.9 Å². The molecular formula is C18H35NO8. The van der Waals surface area contributed by atoms with Gasteiger partial charge in [0, 0.05) is 13.2 Å². The number of carbonyl (C=O) groups is 2. The Morgan fingerprint density at radius 3 is 1.81 bits per heavy atom. The van der Waals surface area contributed by atoms with Gasteiger partial charge >= 0.3 is 5.97 Å². The number of ether oxygens (including phenoxy) is 5. The van der Waals surface area contributed by atoms with E-state index < -0.39 is 12.6 Å². The van der Waals surface area contributed by atoms with Gasteiger partial charge in [-0.15, -0.1) is 0 Å². The summed E-state index contributed by atoms with van der Waals surface area (Å²) in [4.78, 5) is 21.5. The standard InChI is InChI=1S/C18H35NO8/c1-2-3-4-5-7-23-9-11-25-13-14-26-12-10-24-8-6-19-17(20)15-27-16-18(21)22/h2-16H2,1H3,(H,19,20)(H,21,22). The molecule has 1 amide bonds. The Labute approximate surface area is 161 Å². The fraction of sp³-hybridized carbons (Fsp3) is 0.889. The minimum atomic E-state index is -1.11. The molecule has 0 bridgehead atoms. The molecule has 2 N–H and O–H groups in total. The van der Waals surface area contributed by atoms with Crippen LogP contribution in [-0.2, 0) is 33.3 Å². The van der Waals surface area contributed by atoms with Gasteiger partial charge in [-0.2, -0.15) is 0 Å². The van der Waals surface area contributed by atoms with E-state index in [-0.39, 0.29) is 12.5 Å². The van der Waals surface area contributed by atoms with Crippen LogP contribution in [-0.4, -0.2) is 89.6 Å². The van der Waals surface area contributed by atoms with E-state index in [0.717, 1.165) is 13.0 Å². The van der Waals surface area contributed by atoms with Gasteiger partial charge in [0.1, 0.15) is 13.2 Å². The predicted octanol–water partition coefficient (Wildman–Crippen LogP) is 0.851. The summed E-state index contributed by atoms with van der Waals surface area (Å²) in [7, 11) is 0. The molecule has 0 fully saturated rings. The summed E-state index contributed by atoms with van der Waals surface area (Å²) in [6.07, 6.45) is 4.83. The van der Waals surface area contributed by atoms with Gasteiger partial charge in [0.2, 0.25) is 5.91 Å². The zero-order valence-electron chi connectivity index (χ0n) is 16.4. The minimum absolute atomic E-state index is 0.278. The van der Waals surface area contributed by atoms with Crippen LogP contribution in [0.2, 0.25) is 0 Å². The fourth-order valence-corrected chi connectivity index (χ4v) is 1.94. The molecule has 0 atom stereocenters. The normalized spacial score (nSPS) is 10.9. The highest BCUT2D eigenvalue weighted by Crippen LogP contribution is 1.98. The summed E-state index contributed by atoms with van der Waals surface area (Å²) >= 11 is 0. The van der Waals surface area contributed by atoms with Crippen LogP contribution in [0.5, 0.6) is 0 Å². The van der Waals surface area contributed by atoms with Gasteiger partial charge in [0.25, 0.3) is 0 Å². The van der Waals surface area contributed by atoms with Gasteiger partial charge < -0.3 is 34.1 Å². The number of carbonyl (C=O) groups excluding carboxylic acids is 1. The Bertz CT molecular complexity index is 354. The van der Waals surface area contributed by atoms with Crippen LogP contribution >= 0.6 is 0 Å². The largest absolute Gasteiger partial charge is 0.480 e. The summed E-state index contributed by atoms with van der Waals surface area (Å²) in [6, 6.07) is 0. The molecule has 0 aromatic rings. The molecule has 0 aromatic carbocycles. The second kappa shape index (κ2) is 21.0. The van der Waals surface area contributed by atoms with E-state index in [1.165, 1.54) is 19.3 Å². The van der Waals surface area contributed by atoms with Crippen molar-refractivity contribution in [3.8, 4) is 0 Å². The molecule has 0 aliphatic rings. The molecule has 0 saturated carbocycles. The minimum Gasteiger partial charge on any atom is -0.480 e. The predicted molar refractivity (Wildman–Crippen MR) is 98.9 cm³/mol. The van der Waals surface area contributed by atoms with Crippen molar-refractivity contribution in [1.29, 1.82) is 0 Å². The number of rotatable bonds is 21. The summed E-state index contributed by atoms with van der Waals surface area (Å²) < 4.78 is 26.1. The van der Waals surface area contributed by atoms with Gasteiger partial charge in [-0.1, -0.05) is 26.2 Å². The van der Waals surface area contributed by atoms with Crippen molar-refractivity contribution in [2.75, 3.05) is 72.6 Å². The lowest BCUT2D eigenvalue weighted by molar-refractivity contribution is -0.143. The van der Waals surface area contributed by atoms with E-state index in [1.807, 2.05) is 0 Å². The number of amides is 1. The molecular weight excluding hydrogens is 358 g/mol. The molecule has 0 aliphatic carbocycles. The maximum absolute atomic E-state index is 11.3. The lowest BCUT2D eigenvalue weighted by Gasteiger charge is -2.08. The van der Waals surface area contributed by atoms with Crippen LogP contribution in [0.1, 0.15) is 32.6 Å². The number of carboxylic acids is 1. The molecule has 0 heterocycles. The highest BCUT2D eigenvalue weighted by molar-refractivity contribution is 5.77. The maximum Gasteiger partial charge on any atom is 0.329 e. The highest BCUT2D eigenvalue weighted by atomic mass is 16.6. The van der Waals surface area contributed by atoms with E-state index in [2.05, 4.69) is 17.0 Å². The Kier molecular flexibility index (Phi) is 20.1. The van der Waals surface area contributed by atoms with Crippen LogP contribution in [0.15, 0.2) is 0 Å².